The van der Waals surface area contributed by atoms with Crippen LogP contribution < -0.4 is 11.1 Å². The summed E-state index contributed by atoms with van der Waals surface area (Å²) in [5, 5.41) is 2.94. The third-order valence-corrected chi connectivity index (χ3v) is 4.14. The number of carbonyl (C=O) groups is 1. The molecule has 19 heavy (non-hydrogen) atoms. The molecule has 0 spiro atoms. The fraction of sp³-hybridized carbons (Fsp3) is 0.929. The minimum absolute atomic E-state index is 0.00229. The third kappa shape index (κ3) is 4.75. The van der Waals surface area contributed by atoms with Gasteiger partial charge in [0.2, 0.25) is 5.91 Å². The Hall–Kier alpha value is -0.650. The van der Waals surface area contributed by atoms with Gasteiger partial charge < -0.3 is 20.5 Å². The van der Waals surface area contributed by atoms with Crippen molar-refractivity contribution >= 4 is 5.91 Å². The number of amides is 1. The van der Waals surface area contributed by atoms with E-state index in [1.54, 1.807) is 14.2 Å². The molecule has 0 aromatic rings. The van der Waals surface area contributed by atoms with E-state index >= 15 is 0 Å². The Kier molecular flexibility index (Phi) is 6.75. The first-order valence-electron chi connectivity index (χ1n) is 7.12. The maximum absolute atomic E-state index is 12.1. The lowest BCUT2D eigenvalue weighted by Crippen LogP contribution is -2.46. The summed E-state index contributed by atoms with van der Waals surface area (Å²) >= 11 is 0. The molecule has 0 bridgehead atoms. The number of hydrogen-bond donors (Lipinski definition) is 2. The maximum Gasteiger partial charge on any atom is 0.220 e. The van der Waals surface area contributed by atoms with E-state index in [0.717, 1.165) is 12.8 Å². The van der Waals surface area contributed by atoms with Gasteiger partial charge in [0, 0.05) is 20.6 Å². The Bertz CT molecular complexity index is 274. The highest BCUT2D eigenvalue weighted by Gasteiger charge is 2.33. The van der Waals surface area contributed by atoms with E-state index in [4.69, 9.17) is 15.2 Å². The third-order valence-electron chi connectivity index (χ3n) is 4.14. The fourth-order valence-electron chi connectivity index (χ4n) is 2.97. The lowest BCUT2D eigenvalue weighted by molar-refractivity contribution is -0.137. The smallest absolute Gasteiger partial charge is 0.220 e. The van der Waals surface area contributed by atoms with Gasteiger partial charge in [0.15, 0.2) is 6.29 Å². The molecule has 0 radical (unpaired) electrons. The van der Waals surface area contributed by atoms with Gasteiger partial charge in [-0.2, -0.15) is 0 Å². The molecule has 5 nitrogen and oxygen atoms in total. The highest BCUT2D eigenvalue weighted by atomic mass is 16.7. The predicted octanol–water partition coefficient (Wildman–Crippen LogP) is 1.41. The second-order valence-electron chi connectivity index (χ2n) is 5.64. The normalized spacial score (nSPS) is 20.3. The van der Waals surface area contributed by atoms with Crippen LogP contribution in [0.15, 0.2) is 0 Å². The zero-order valence-electron chi connectivity index (χ0n) is 12.4. The van der Waals surface area contributed by atoms with Gasteiger partial charge in [-0.1, -0.05) is 19.3 Å². The van der Waals surface area contributed by atoms with Crippen LogP contribution in [0, 0.1) is 5.41 Å². The van der Waals surface area contributed by atoms with E-state index in [1.165, 1.54) is 19.3 Å². The van der Waals surface area contributed by atoms with Gasteiger partial charge in [-0.05, 0) is 31.7 Å². The maximum atomic E-state index is 12.1. The second-order valence-corrected chi connectivity index (χ2v) is 5.64. The summed E-state index contributed by atoms with van der Waals surface area (Å²) in [5.41, 5.74) is 5.90. The van der Waals surface area contributed by atoms with Crippen molar-refractivity contribution in [3.8, 4) is 0 Å². The highest BCUT2D eigenvalue weighted by molar-refractivity contribution is 5.77. The van der Waals surface area contributed by atoms with Crippen LogP contribution in [0.1, 0.15) is 45.4 Å². The van der Waals surface area contributed by atoms with E-state index in [0.29, 0.717) is 13.0 Å². The van der Waals surface area contributed by atoms with Crippen LogP contribution in [0.3, 0.4) is 0 Å². The van der Waals surface area contributed by atoms with Crippen molar-refractivity contribution in [2.45, 2.75) is 57.8 Å². The quantitative estimate of drug-likeness (QED) is 0.687. The molecular weight excluding hydrogens is 244 g/mol. The summed E-state index contributed by atoms with van der Waals surface area (Å²) in [4.78, 5) is 12.1. The number of methoxy groups -OCH3 is 2. The Morgan fingerprint density at radius 1 is 1.26 bits per heavy atom. The molecule has 0 aromatic heterocycles. The summed E-state index contributed by atoms with van der Waals surface area (Å²) in [7, 11) is 3.14. The molecule has 1 aliphatic rings. The summed E-state index contributed by atoms with van der Waals surface area (Å²) in [6, 6.07) is -0.166. The fourth-order valence-corrected chi connectivity index (χ4v) is 2.97. The minimum atomic E-state index is -0.413. The molecule has 5 heteroatoms. The molecule has 112 valence electrons. The van der Waals surface area contributed by atoms with Crippen molar-refractivity contribution < 1.29 is 14.3 Å². The first kappa shape index (κ1) is 16.4. The van der Waals surface area contributed by atoms with E-state index < -0.39 is 6.29 Å². The summed E-state index contributed by atoms with van der Waals surface area (Å²) in [6.45, 7) is 2.47. The van der Waals surface area contributed by atoms with Crippen LogP contribution in [0.4, 0.5) is 0 Å². The number of carbonyl (C=O) groups excluding carboxylic acids is 1. The molecule has 3 N–H and O–H groups in total. The lowest BCUT2D eigenvalue weighted by Gasteiger charge is -2.36. The van der Waals surface area contributed by atoms with Gasteiger partial charge in [-0.15, -0.1) is 0 Å². The average molecular weight is 272 g/mol. The summed E-state index contributed by atoms with van der Waals surface area (Å²) < 4.78 is 10.3. The topological polar surface area (TPSA) is 73.6 Å². The Morgan fingerprint density at radius 3 is 2.32 bits per heavy atom. The Balaban J connectivity index is 2.49. The van der Waals surface area contributed by atoms with Gasteiger partial charge in [-0.3, -0.25) is 4.79 Å². The van der Waals surface area contributed by atoms with Crippen LogP contribution in [-0.2, 0) is 14.3 Å². The average Bonchev–Trinajstić information content (AvgIpc) is 2.41. The summed E-state index contributed by atoms with van der Waals surface area (Å²) in [5.74, 6) is 0.0407. The van der Waals surface area contributed by atoms with E-state index in [9.17, 15) is 4.79 Å². The standard InChI is InChI=1S/C14H28N2O3/c1-11(13(18-2)19-3)16-12(17)9-14(10-15)7-5-4-6-8-14/h11,13H,4-10,15H2,1-3H3,(H,16,17). The predicted molar refractivity (Wildman–Crippen MR) is 74.6 cm³/mol. The SMILES string of the molecule is COC(OC)C(C)NC(=O)CC1(CN)CCCCC1. The van der Waals surface area contributed by atoms with Crippen molar-refractivity contribution in [3.63, 3.8) is 0 Å². The zero-order chi connectivity index (χ0) is 14.3. The number of nitrogens with one attached hydrogen (secondary N) is 1. The van der Waals surface area contributed by atoms with Crippen molar-refractivity contribution in [3.05, 3.63) is 0 Å². The van der Waals surface area contributed by atoms with Gasteiger partial charge >= 0.3 is 0 Å². The number of hydrogen-bond acceptors (Lipinski definition) is 4. The molecule has 0 aromatic carbocycles. The van der Waals surface area contributed by atoms with Crippen molar-refractivity contribution in [1.82, 2.24) is 5.32 Å². The number of nitrogens with two attached hydrogens (primary N) is 1. The van der Waals surface area contributed by atoms with Crippen LogP contribution in [-0.4, -0.2) is 39.0 Å². The van der Waals surface area contributed by atoms with Gasteiger partial charge in [-0.25, -0.2) is 0 Å². The number of ether oxygens (including phenoxy) is 2. The first-order valence-corrected chi connectivity index (χ1v) is 7.12. The molecule has 1 fully saturated rings. The molecule has 0 heterocycles. The molecular formula is C14H28N2O3. The largest absolute Gasteiger partial charge is 0.354 e. The molecule has 0 saturated heterocycles. The molecule has 1 atom stereocenters. The Morgan fingerprint density at radius 2 is 1.84 bits per heavy atom. The molecule has 1 saturated carbocycles. The number of rotatable bonds is 7. The lowest BCUT2D eigenvalue weighted by atomic mass is 9.71. The van der Waals surface area contributed by atoms with E-state index in [2.05, 4.69) is 5.32 Å². The van der Waals surface area contributed by atoms with E-state index in [1.807, 2.05) is 6.92 Å². The van der Waals surface area contributed by atoms with Gasteiger partial charge in [0.05, 0.1) is 6.04 Å². The first-order chi connectivity index (χ1) is 9.06. The van der Waals surface area contributed by atoms with Crippen LogP contribution in [0.2, 0.25) is 0 Å². The summed E-state index contributed by atoms with van der Waals surface area (Å²) in [6.07, 6.45) is 5.83. The zero-order valence-corrected chi connectivity index (χ0v) is 12.4. The van der Waals surface area contributed by atoms with Gasteiger partial charge in [0.1, 0.15) is 0 Å². The van der Waals surface area contributed by atoms with Crippen molar-refractivity contribution in [2.24, 2.45) is 11.1 Å². The van der Waals surface area contributed by atoms with E-state index in [-0.39, 0.29) is 17.4 Å². The van der Waals surface area contributed by atoms with Crippen LogP contribution in [0.5, 0.6) is 0 Å². The second kappa shape index (κ2) is 7.82. The van der Waals surface area contributed by atoms with Crippen molar-refractivity contribution in [1.29, 1.82) is 0 Å². The Labute approximate surface area is 116 Å². The minimum Gasteiger partial charge on any atom is -0.354 e. The molecule has 0 aliphatic heterocycles. The van der Waals surface area contributed by atoms with Gasteiger partial charge in [0.25, 0.3) is 0 Å². The van der Waals surface area contributed by atoms with Crippen molar-refractivity contribution in [2.75, 3.05) is 20.8 Å². The molecule has 1 aliphatic carbocycles. The molecule has 1 amide bonds. The highest BCUT2D eigenvalue weighted by Crippen LogP contribution is 2.38. The van der Waals surface area contributed by atoms with Crippen LogP contribution >= 0.6 is 0 Å². The molecule has 1 rings (SSSR count). The monoisotopic (exact) mass is 272 g/mol. The van der Waals surface area contributed by atoms with Crippen LogP contribution in [0.25, 0.3) is 0 Å². The molecule has 1 unspecified atom stereocenters.